The van der Waals surface area contributed by atoms with Crippen LogP contribution in [0, 0.1) is 0 Å². The second-order valence-electron chi connectivity index (χ2n) is 6.07. The molecule has 0 fully saturated rings. The summed E-state index contributed by atoms with van der Waals surface area (Å²) < 4.78 is 12.2. The van der Waals surface area contributed by atoms with E-state index < -0.39 is 10.8 Å². The van der Waals surface area contributed by atoms with E-state index >= 15 is 0 Å². The van der Waals surface area contributed by atoms with Gasteiger partial charge in [-0.25, -0.2) is 0 Å². The Labute approximate surface area is 120 Å². The van der Waals surface area contributed by atoms with E-state index in [-0.39, 0.29) is 5.41 Å². The molecule has 19 heavy (non-hydrogen) atoms. The van der Waals surface area contributed by atoms with Gasteiger partial charge in [-0.1, -0.05) is 39.8 Å². The standard InChI is InChI=1S/C16H27NOS/c1-6-17-13(2)11-12-19(18)15-9-7-14(8-10-15)16(3,4)5/h7-10,13,17H,6,11-12H2,1-5H3. The van der Waals surface area contributed by atoms with Gasteiger partial charge in [0.05, 0.1) is 10.8 Å². The normalized spacial score (nSPS) is 15.2. The van der Waals surface area contributed by atoms with Crippen LogP contribution in [-0.4, -0.2) is 22.5 Å². The van der Waals surface area contributed by atoms with Crippen molar-refractivity contribution in [1.82, 2.24) is 5.32 Å². The molecule has 0 aliphatic heterocycles. The molecule has 0 saturated heterocycles. The first kappa shape index (κ1) is 16.4. The maximum atomic E-state index is 12.2. The van der Waals surface area contributed by atoms with Crippen LogP contribution in [0.1, 0.15) is 46.6 Å². The van der Waals surface area contributed by atoms with Gasteiger partial charge in [0.15, 0.2) is 0 Å². The van der Waals surface area contributed by atoms with Crippen molar-refractivity contribution in [3.63, 3.8) is 0 Å². The fourth-order valence-electron chi connectivity index (χ4n) is 1.96. The lowest BCUT2D eigenvalue weighted by atomic mass is 9.87. The van der Waals surface area contributed by atoms with Gasteiger partial charge in [-0.15, -0.1) is 0 Å². The highest BCUT2D eigenvalue weighted by Gasteiger charge is 2.14. The number of hydrogen-bond acceptors (Lipinski definition) is 2. The zero-order valence-corrected chi connectivity index (χ0v) is 13.6. The zero-order chi connectivity index (χ0) is 14.5. The molecular weight excluding hydrogens is 254 g/mol. The van der Waals surface area contributed by atoms with Crippen molar-refractivity contribution in [1.29, 1.82) is 0 Å². The average molecular weight is 281 g/mol. The Kier molecular flexibility index (Phi) is 6.21. The molecule has 0 aromatic heterocycles. The SMILES string of the molecule is CCNC(C)CCS(=O)c1ccc(C(C)(C)C)cc1. The predicted octanol–water partition coefficient (Wildman–Crippen LogP) is 3.48. The molecule has 2 nitrogen and oxygen atoms in total. The van der Waals surface area contributed by atoms with E-state index in [2.05, 4.69) is 52.1 Å². The Morgan fingerprint density at radius 3 is 2.26 bits per heavy atom. The van der Waals surface area contributed by atoms with Crippen molar-refractivity contribution in [3.05, 3.63) is 29.8 Å². The Hall–Kier alpha value is -0.670. The fraction of sp³-hybridized carbons (Fsp3) is 0.625. The molecular formula is C16H27NOS. The Balaban J connectivity index is 2.59. The van der Waals surface area contributed by atoms with Crippen molar-refractivity contribution >= 4 is 10.8 Å². The molecule has 0 aliphatic rings. The maximum absolute atomic E-state index is 12.2. The highest BCUT2D eigenvalue weighted by molar-refractivity contribution is 7.85. The Bertz CT molecular complexity index is 406. The second kappa shape index (κ2) is 7.20. The highest BCUT2D eigenvalue weighted by atomic mass is 32.2. The van der Waals surface area contributed by atoms with Crippen LogP contribution in [0.4, 0.5) is 0 Å². The molecule has 2 atom stereocenters. The molecule has 3 heteroatoms. The van der Waals surface area contributed by atoms with Crippen molar-refractivity contribution in [2.24, 2.45) is 0 Å². The molecule has 0 amide bonds. The highest BCUT2D eigenvalue weighted by Crippen LogP contribution is 2.23. The summed E-state index contributed by atoms with van der Waals surface area (Å²) in [6.07, 6.45) is 0.946. The van der Waals surface area contributed by atoms with E-state index in [0.29, 0.717) is 6.04 Å². The Morgan fingerprint density at radius 1 is 1.21 bits per heavy atom. The van der Waals surface area contributed by atoms with Gasteiger partial charge >= 0.3 is 0 Å². The van der Waals surface area contributed by atoms with Crippen LogP contribution in [0.5, 0.6) is 0 Å². The summed E-state index contributed by atoms with van der Waals surface area (Å²) >= 11 is 0. The van der Waals surface area contributed by atoms with Gasteiger partial charge in [0, 0.05) is 16.7 Å². The van der Waals surface area contributed by atoms with Gasteiger partial charge < -0.3 is 5.32 Å². The van der Waals surface area contributed by atoms with Crippen LogP contribution in [0.15, 0.2) is 29.2 Å². The summed E-state index contributed by atoms with van der Waals surface area (Å²) in [7, 11) is -0.883. The summed E-state index contributed by atoms with van der Waals surface area (Å²) in [5.41, 5.74) is 1.44. The lowest BCUT2D eigenvalue weighted by Crippen LogP contribution is -2.27. The number of rotatable bonds is 6. The molecule has 0 radical (unpaired) electrons. The van der Waals surface area contributed by atoms with Crippen LogP contribution in [0.2, 0.25) is 0 Å². The topological polar surface area (TPSA) is 29.1 Å². The molecule has 108 valence electrons. The molecule has 0 spiro atoms. The van der Waals surface area contributed by atoms with E-state index in [9.17, 15) is 4.21 Å². The molecule has 1 aromatic carbocycles. The summed E-state index contributed by atoms with van der Waals surface area (Å²) in [6, 6.07) is 8.65. The van der Waals surface area contributed by atoms with Gasteiger partial charge in [-0.05, 0) is 43.0 Å². The minimum atomic E-state index is -0.883. The van der Waals surface area contributed by atoms with Crippen molar-refractivity contribution in [2.75, 3.05) is 12.3 Å². The largest absolute Gasteiger partial charge is 0.315 e. The molecule has 2 unspecified atom stereocenters. The molecule has 1 N–H and O–H groups in total. The lowest BCUT2D eigenvalue weighted by Gasteiger charge is -2.19. The van der Waals surface area contributed by atoms with Crippen molar-refractivity contribution in [3.8, 4) is 0 Å². The fourth-order valence-corrected chi connectivity index (χ4v) is 3.20. The minimum Gasteiger partial charge on any atom is -0.315 e. The Morgan fingerprint density at radius 2 is 1.79 bits per heavy atom. The van der Waals surface area contributed by atoms with Crippen molar-refractivity contribution in [2.45, 2.75) is 57.4 Å². The molecule has 0 aliphatic carbocycles. The summed E-state index contributed by atoms with van der Waals surface area (Å²) in [4.78, 5) is 0.941. The van der Waals surface area contributed by atoms with Crippen molar-refractivity contribution < 1.29 is 4.21 Å². The van der Waals surface area contributed by atoms with Crippen LogP contribution in [0.25, 0.3) is 0 Å². The third kappa shape index (κ3) is 5.45. The van der Waals surface area contributed by atoms with Crippen LogP contribution in [-0.2, 0) is 16.2 Å². The maximum Gasteiger partial charge on any atom is 0.0530 e. The zero-order valence-electron chi connectivity index (χ0n) is 12.8. The van der Waals surface area contributed by atoms with Crippen LogP contribution in [0.3, 0.4) is 0 Å². The van der Waals surface area contributed by atoms with Gasteiger partial charge in [0.2, 0.25) is 0 Å². The quantitative estimate of drug-likeness (QED) is 0.865. The van der Waals surface area contributed by atoms with E-state index in [1.165, 1.54) is 5.56 Å². The van der Waals surface area contributed by atoms with E-state index in [0.717, 1.165) is 23.6 Å². The number of hydrogen-bond donors (Lipinski definition) is 1. The smallest absolute Gasteiger partial charge is 0.0530 e. The van der Waals surface area contributed by atoms with E-state index in [1.807, 2.05) is 12.1 Å². The third-order valence-electron chi connectivity index (χ3n) is 3.27. The predicted molar refractivity (Wildman–Crippen MR) is 84.2 cm³/mol. The number of benzene rings is 1. The molecule has 0 heterocycles. The minimum absolute atomic E-state index is 0.152. The lowest BCUT2D eigenvalue weighted by molar-refractivity contribution is 0.553. The van der Waals surface area contributed by atoms with Gasteiger partial charge in [-0.3, -0.25) is 4.21 Å². The van der Waals surface area contributed by atoms with Crippen LogP contribution < -0.4 is 5.32 Å². The molecule has 1 rings (SSSR count). The van der Waals surface area contributed by atoms with Gasteiger partial charge in [0.25, 0.3) is 0 Å². The second-order valence-corrected chi connectivity index (χ2v) is 7.64. The first-order chi connectivity index (χ1) is 8.84. The van der Waals surface area contributed by atoms with Gasteiger partial charge in [-0.2, -0.15) is 0 Å². The molecule has 0 saturated carbocycles. The third-order valence-corrected chi connectivity index (χ3v) is 4.68. The summed E-state index contributed by atoms with van der Waals surface area (Å²) in [5.74, 6) is 0.725. The monoisotopic (exact) mass is 281 g/mol. The summed E-state index contributed by atoms with van der Waals surface area (Å²) in [6.45, 7) is 11.8. The van der Waals surface area contributed by atoms with Gasteiger partial charge in [0.1, 0.15) is 0 Å². The molecule has 0 bridgehead atoms. The van der Waals surface area contributed by atoms with E-state index in [1.54, 1.807) is 0 Å². The first-order valence-corrected chi connectivity index (χ1v) is 8.38. The van der Waals surface area contributed by atoms with Crippen LogP contribution >= 0.6 is 0 Å². The number of nitrogens with one attached hydrogen (secondary N) is 1. The first-order valence-electron chi connectivity index (χ1n) is 7.07. The molecule has 1 aromatic rings. The van der Waals surface area contributed by atoms with E-state index in [4.69, 9.17) is 0 Å². The average Bonchev–Trinajstić information content (AvgIpc) is 2.35. The summed E-state index contributed by atoms with van der Waals surface area (Å²) in [5, 5.41) is 3.35.